The van der Waals surface area contributed by atoms with Crippen LogP contribution in [0.1, 0.15) is 49.4 Å². The first-order valence-corrected chi connectivity index (χ1v) is 7.07. The highest BCUT2D eigenvalue weighted by atomic mass is 14.7. The summed E-state index contributed by atoms with van der Waals surface area (Å²) < 4.78 is 0. The number of nitriles is 1. The third-order valence-electron chi connectivity index (χ3n) is 3.47. The van der Waals surface area contributed by atoms with E-state index in [9.17, 15) is 0 Å². The Morgan fingerprint density at radius 1 is 1.37 bits per heavy atom. The van der Waals surface area contributed by atoms with Crippen LogP contribution in [0.25, 0.3) is 5.57 Å². The Morgan fingerprint density at radius 2 is 2.26 bits per heavy atom. The number of rotatable bonds is 5. The fourth-order valence-corrected chi connectivity index (χ4v) is 2.45. The maximum atomic E-state index is 8.97. The van der Waals surface area contributed by atoms with Gasteiger partial charge in [0.05, 0.1) is 18.2 Å². The van der Waals surface area contributed by atoms with Gasteiger partial charge in [-0.2, -0.15) is 5.26 Å². The number of hydrogen-bond donors (Lipinski definition) is 0. The summed E-state index contributed by atoms with van der Waals surface area (Å²) in [6.07, 6.45) is 14.5. The van der Waals surface area contributed by atoms with E-state index in [1.165, 1.54) is 11.1 Å². The molecule has 0 saturated carbocycles. The van der Waals surface area contributed by atoms with Gasteiger partial charge in [-0.05, 0) is 48.4 Å². The van der Waals surface area contributed by atoms with E-state index in [4.69, 9.17) is 5.26 Å². The van der Waals surface area contributed by atoms with Crippen molar-refractivity contribution in [2.75, 3.05) is 0 Å². The first kappa shape index (κ1) is 13.5. The predicted molar refractivity (Wildman–Crippen MR) is 78.5 cm³/mol. The smallest absolute Gasteiger partial charge is 0.0733 e. The van der Waals surface area contributed by atoms with Crippen LogP contribution in [0.15, 0.2) is 30.5 Å². The van der Waals surface area contributed by atoms with E-state index in [-0.39, 0.29) is 0 Å². The average Bonchev–Trinajstić information content (AvgIpc) is 2.47. The van der Waals surface area contributed by atoms with Crippen molar-refractivity contribution in [2.24, 2.45) is 0 Å². The number of hydrogen-bond acceptors (Lipinski definition) is 2. The molecular formula is C17H20N2. The third kappa shape index (κ3) is 3.32. The Morgan fingerprint density at radius 3 is 2.95 bits per heavy atom. The summed E-state index contributed by atoms with van der Waals surface area (Å²) in [5.41, 5.74) is 4.71. The Balaban J connectivity index is 2.40. The molecule has 19 heavy (non-hydrogen) atoms. The molecule has 1 aromatic rings. The lowest BCUT2D eigenvalue weighted by Gasteiger charge is -2.14. The van der Waals surface area contributed by atoms with Crippen LogP contribution in [0.4, 0.5) is 0 Å². The second kappa shape index (κ2) is 6.89. The van der Waals surface area contributed by atoms with Crippen molar-refractivity contribution in [1.29, 1.82) is 5.26 Å². The minimum Gasteiger partial charge on any atom is -0.256 e. The number of allylic oxidation sites excluding steroid dienone is 4. The van der Waals surface area contributed by atoms with E-state index in [1.807, 2.05) is 12.3 Å². The summed E-state index contributed by atoms with van der Waals surface area (Å²) in [5.74, 6) is 0. The van der Waals surface area contributed by atoms with Gasteiger partial charge in [0.15, 0.2) is 0 Å². The quantitative estimate of drug-likeness (QED) is 0.786. The fraction of sp³-hybridized carbons (Fsp3) is 0.412. The van der Waals surface area contributed by atoms with Gasteiger partial charge in [-0.1, -0.05) is 31.6 Å². The molecule has 1 aromatic heterocycles. The number of unbranched alkanes of at least 4 members (excludes halogenated alkanes) is 1. The van der Waals surface area contributed by atoms with Crippen LogP contribution in [-0.4, -0.2) is 4.98 Å². The van der Waals surface area contributed by atoms with Crippen LogP contribution in [0.5, 0.6) is 0 Å². The zero-order valence-corrected chi connectivity index (χ0v) is 11.5. The Hall–Kier alpha value is -1.88. The van der Waals surface area contributed by atoms with Crippen LogP contribution < -0.4 is 0 Å². The van der Waals surface area contributed by atoms with Crippen LogP contribution in [0.3, 0.4) is 0 Å². The molecule has 1 aliphatic carbocycles. The Bertz CT molecular complexity index is 533. The van der Waals surface area contributed by atoms with Crippen LogP contribution in [0, 0.1) is 11.3 Å². The molecule has 1 aliphatic rings. The first-order valence-electron chi connectivity index (χ1n) is 7.07. The second-order valence-electron chi connectivity index (χ2n) is 4.87. The molecule has 0 fully saturated rings. The lowest BCUT2D eigenvalue weighted by Crippen LogP contribution is -2.03. The summed E-state index contributed by atoms with van der Waals surface area (Å²) >= 11 is 0. The van der Waals surface area contributed by atoms with Gasteiger partial charge in [0.1, 0.15) is 0 Å². The van der Waals surface area contributed by atoms with Gasteiger partial charge in [0, 0.05) is 6.20 Å². The van der Waals surface area contributed by atoms with Gasteiger partial charge in [-0.3, -0.25) is 4.98 Å². The summed E-state index contributed by atoms with van der Waals surface area (Å²) in [4.78, 5) is 4.57. The molecule has 2 heteroatoms. The maximum Gasteiger partial charge on any atom is 0.0733 e. The summed E-state index contributed by atoms with van der Waals surface area (Å²) in [5, 5.41) is 8.97. The van der Waals surface area contributed by atoms with E-state index in [0.29, 0.717) is 6.42 Å². The topological polar surface area (TPSA) is 36.7 Å². The van der Waals surface area contributed by atoms with Crippen LogP contribution >= 0.6 is 0 Å². The van der Waals surface area contributed by atoms with Gasteiger partial charge >= 0.3 is 0 Å². The third-order valence-corrected chi connectivity index (χ3v) is 3.47. The molecule has 1 heterocycles. The van der Waals surface area contributed by atoms with Crippen molar-refractivity contribution in [3.63, 3.8) is 0 Å². The van der Waals surface area contributed by atoms with E-state index < -0.39 is 0 Å². The van der Waals surface area contributed by atoms with Crippen molar-refractivity contribution in [2.45, 2.75) is 45.4 Å². The van der Waals surface area contributed by atoms with Gasteiger partial charge in [-0.25, -0.2) is 0 Å². The molecule has 0 unspecified atom stereocenters. The van der Waals surface area contributed by atoms with Crippen LogP contribution in [-0.2, 0) is 12.8 Å². The lowest BCUT2D eigenvalue weighted by molar-refractivity contribution is 0.783. The van der Waals surface area contributed by atoms with Crippen molar-refractivity contribution >= 4 is 5.57 Å². The fourth-order valence-electron chi connectivity index (χ4n) is 2.45. The molecular weight excluding hydrogens is 232 g/mol. The molecule has 0 aliphatic heterocycles. The molecule has 98 valence electrons. The molecule has 0 bridgehead atoms. The van der Waals surface area contributed by atoms with Crippen molar-refractivity contribution in [1.82, 2.24) is 4.98 Å². The van der Waals surface area contributed by atoms with Gasteiger partial charge in [0.25, 0.3) is 0 Å². The molecule has 0 spiro atoms. The number of nitrogens with zero attached hydrogens (tertiary/aromatic N) is 2. The molecule has 2 nitrogen and oxygen atoms in total. The average molecular weight is 252 g/mol. The lowest BCUT2D eigenvalue weighted by atomic mass is 9.93. The molecule has 2 rings (SSSR count). The van der Waals surface area contributed by atoms with E-state index >= 15 is 0 Å². The van der Waals surface area contributed by atoms with Crippen LogP contribution in [0.2, 0.25) is 0 Å². The number of pyridine rings is 1. The normalized spacial score (nSPS) is 14.0. The standard InChI is InChI=1S/C17H20N2/c1-2-3-9-16-14(10-12-18)11-13-19-17(16)15-7-5-4-6-8-15/h5,7-8,11,13H,2-4,6,9-10H2,1H3. The summed E-state index contributed by atoms with van der Waals surface area (Å²) in [7, 11) is 0. The van der Waals surface area contributed by atoms with Crippen molar-refractivity contribution in [3.05, 3.63) is 47.3 Å². The Labute approximate surface area is 115 Å². The SMILES string of the molecule is CCCCc1c(CC#N)ccnc1C1=CCCC=C1. The minimum absolute atomic E-state index is 0.478. The van der Waals surface area contributed by atoms with E-state index in [1.54, 1.807) is 0 Å². The van der Waals surface area contributed by atoms with Gasteiger partial charge in [0.2, 0.25) is 0 Å². The van der Waals surface area contributed by atoms with Gasteiger partial charge < -0.3 is 0 Å². The molecule has 0 aromatic carbocycles. The largest absolute Gasteiger partial charge is 0.256 e. The maximum absolute atomic E-state index is 8.97. The van der Waals surface area contributed by atoms with Gasteiger partial charge in [-0.15, -0.1) is 0 Å². The highest BCUT2D eigenvalue weighted by Gasteiger charge is 2.12. The second-order valence-corrected chi connectivity index (χ2v) is 4.87. The molecule has 0 amide bonds. The molecule has 0 N–H and O–H groups in total. The van der Waals surface area contributed by atoms with Crippen molar-refractivity contribution in [3.8, 4) is 6.07 Å². The zero-order valence-electron chi connectivity index (χ0n) is 11.5. The number of aromatic nitrogens is 1. The highest BCUT2D eigenvalue weighted by Crippen LogP contribution is 2.26. The van der Waals surface area contributed by atoms with E-state index in [2.05, 4.69) is 36.2 Å². The molecule has 0 atom stereocenters. The molecule has 0 saturated heterocycles. The monoisotopic (exact) mass is 252 g/mol. The highest BCUT2D eigenvalue weighted by molar-refractivity contribution is 5.75. The first-order chi connectivity index (χ1) is 9.36. The van der Waals surface area contributed by atoms with Crippen molar-refractivity contribution < 1.29 is 0 Å². The summed E-state index contributed by atoms with van der Waals surface area (Å²) in [6, 6.07) is 4.26. The minimum atomic E-state index is 0.478. The van der Waals surface area contributed by atoms with E-state index in [0.717, 1.165) is 43.4 Å². The molecule has 0 radical (unpaired) electrons. The zero-order chi connectivity index (χ0) is 13.5. The summed E-state index contributed by atoms with van der Waals surface area (Å²) in [6.45, 7) is 2.19. The Kier molecular flexibility index (Phi) is 4.92. The predicted octanol–water partition coefficient (Wildman–Crippen LogP) is 4.22.